The summed E-state index contributed by atoms with van der Waals surface area (Å²) in [5.41, 5.74) is 0.0819. The number of ether oxygens (including phenoxy) is 3. The number of primary sulfonamides is 1. The van der Waals surface area contributed by atoms with Crippen molar-refractivity contribution in [2.75, 3.05) is 33.5 Å². The average Bonchev–Trinajstić information content (AvgIpc) is 2.41. The van der Waals surface area contributed by atoms with Crippen molar-refractivity contribution in [3.63, 3.8) is 0 Å². The molecule has 0 unspecified atom stereocenters. The Morgan fingerprint density at radius 3 is 2.52 bits per heavy atom. The van der Waals surface area contributed by atoms with Crippen molar-refractivity contribution in [1.82, 2.24) is 0 Å². The molecule has 0 amide bonds. The van der Waals surface area contributed by atoms with E-state index in [1.807, 2.05) is 0 Å². The second kappa shape index (κ2) is 8.44. The molecule has 0 heterocycles. The zero-order chi connectivity index (χ0) is 15.9. The number of hydrogen-bond acceptors (Lipinski definition) is 6. The highest BCUT2D eigenvalue weighted by Gasteiger charge is 2.16. The molecule has 21 heavy (non-hydrogen) atoms. The molecular weight excluding hydrogens is 366 g/mol. The molecule has 1 rings (SSSR count). The van der Waals surface area contributed by atoms with Gasteiger partial charge in [0.15, 0.2) is 0 Å². The molecule has 0 saturated heterocycles. The van der Waals surface area contributed by atoms with E-state index in [0.717, 1.165) is 6.07 Å². The molecule has 1 aromatic rings. The Balaban J connectivity index is 2.62. The van der Waals surface area contributed by atoms with Crippen LogP contribution in [0.2, 0.25) is 0 Å². The van der Waals surface area contributed by atoms with E-state index < -0.39 is 16.0 Å². The normalized spacial score (nSPS) is 11.4. The van der Waals surface area contributed by atoms with Crippen molar-refractivity contribution in [1.29, 1.82) is 0 Å². The molecule has 0 bridgehead atoms. The molecule has 0 fully saturated rings. The van der Waals surface area contributed by atoms with Crippen molar-refractivity contribution < 1.29 is 27.4 Å². The van der Waals surface area contributed by atoms with Crippen LogP contribution in [0.3, 0.4) is 0 Å². The fraction of sp³-hybridized carbons (Fsp3) is 0.417. The third-order valence-electron chi connectivity index (χ3n) is 2.38. The lowest BCUT2D eigenvalue weighted by molar-refractivity contribution is 0.0213. The van der Waals surface area contributed by atoms with Gasteiger partial charge in [0.2, 0.25) is 10.0 Å². The molecule has 0 radical (unpaired) electrons. The topological polar surface area (TPSA) is 105 Å². The summed E-state index contributed by atoms with van der Waals surface area (Å²) in [6, 6.07) is 3.88. The molecule has 0 atom stereocenters. The fourth-order valence-electron chi connectivity index (χ4n) is 1.35. The number of hydrogen-bond donors (Lipinski definition) is 1. The van der Waals surface area contributed by atoms with E-state index in [1.165, 1.54) is 12.1 Å². The number of methoxy groups -OCH3 is 1. The Hall–Kier alpha value is -1.00. The molecule has 0 aliphatic rings. The van der Waals surface area contributed by atoms with Crippen LogP contribution >= 0.6 is 15.9 Å². The van der Waals surface area contributed by atoms with E-state index in [0.29, 0.717) is 17.7 Å². The summed E-state index contributed by atoms with van der Waals surface area (Å²) >= 11 is 3.16. The van der Waals surface area contributed by atoms with Crippen molar-refractivity contribution in [3.8, 4) is 0 Å². The van der Waals surface area contributed by atoms with E-state index in [-0.39, 0.29) is 23.7 Å². The molecule has 9 heteroatoms. The van der Waals surface area contributed by atoms with Gasteiger partial charge < -0.3 is 14.2 Å². The van der Waals surface area contributed by atoms with Crippen LogP contribution < -0.4 is 5.14 Å². The highest BCUT2D eigenvalue weighted by Crippen LogP contribution is 2.21. The summed E-state index contributed by atoms with van der Waals surface area (Å²) in [4.78, 5) is 11.7. The second-order valence-electron chi connectivity index (χ2n) is 3.93. The molecule has 0 aliphatic heterocycles. The summed E-state index contributed by atoms with van der Waals surface area (Å²) in [5.74, 6) is -0.664. The average molecular weight is 382 g/mol. The summed E-state index contributed by atoms with van der Waals surface area (Å²) in [6.45, 7) is 1.13. The second-order valence-corrected chi connectivity index (χ2v) is 6.34. The van der Waals surface area contributed by atoms with E-state index in [2.05, 4.69) is 15.9 Å². The number of carbonyl (C=O) groups is 1. The molecule has 0 spiro atoms. The number of sulfonamides is 1. The molecule has 0 saturated carbocycles. The lowest BCUT2D eigenvalue weighted by atomic mass is 10.2. The van der Waals surface area contributed by atoms with Crippen LogP contribution in [-0.4, -0.2) is 47.9 Å². The maximum Gasteiger partial charge on any atom is 0.339 e. The van der Waals surface area contributed by atoms with Crippen LogP contribution in [-0.2, 0) is 24.2 Å². The van der Waals surface area contributed by atoms with Gasteiger partial charge in [-0.15, -0.1) is 0 Å². The van der Waals surface area contributed by atoms with Gasteiger partial charge in [-0.2, -0.15) is 0 Å². The van der Waals surface area contributed by atoms with Gasteiger partial charge in [-0.1, -0.05) is 0 Å². The first-order valence-corrected chi connectivity index (χ1v) is 8.26. The van der Waals surface area contributed by atoms with Gasteiger partial charge in [0.25, 0.3) is 0 Å². The quantitative estimate of drug-likeness (QED) is 0.530. The fourth-order valence-corrected chi connectivity index (χ4v) is 2.30. The standard InChI is InChI=1S/C12H16BrNO6S/c1-18-4-5-19-6-7-20-12(15)10-8-9(21(14,16)17)2-3-11(10)13/h2-3,8H,4-7H2,1H3,(H2,14,16,17). The Labute approximate surface area is 131 Å². The molecule has 118 valence electrons. The third kappa shape index (κ3) is 6.10. The van der Waals surface area contributed by atoms with Crippen LogP contribution in [0.1, 0.15) is 10.4 Å². The van der Waals surface area contributed by atoms with Crippen molar-refractivity contribution in [2.24, 2.45) is 5.14 Å². The summed E-state index contributed by atoms with van der Waals surface area (Å²) in [7, 11) is -2.32. The van der Waals surface area contributed by atoms with Gasteiger partial charge in [0.05, 0.1) is 30.3 Å². The van der Waals surface area contributed by atoms with Crippen molar-refractivity contribution >= 4 is 31.9 Å². The molecule has 1 aromatic carbocycles. The van der Waals surface area contributed by atoms with Crippen LogP contribution in [0.5, 0.6) is 0 Å². The smallest absolute Gasteiger partial charge is 0.339 e. The van der Waals surface area contributed by atoms with Crippen molar-refractivity contribution in [2.45, 2.75) is 4.90 Å². The highest BCUT2D eigenvalue weighted by atomic mass is 79.9. The Morgan fingerprint density at radius 2 is 1.90 bits per heavy atom. The Morgan fingerprint density at radius 1 is 1.24 bits per heavy atom. The number of nitrogens with two attached hydrogens (primary N) is 1. The first-order chi connectivity index (χ1) is 9.86. The number of esters is 1. The monoisotopic (exact) mass is 381 g/mol. The van der Waals surface area contributed by atoms with Crippen LogP contribution in [0, 0.1) is 0 Å². The van der Waals surface area contributed by atoms with Crippen LogP contribution in [0.15, 0.2) is 27.6 Å². The van der Waals surface area contributed by atoms with Gasteiger partial charge in [-0.3, -0.25) is 0 Å². The van der Waals surface area contributed by atoms with E-state index in [4.69, 9.17) is 19.3 Å². The van der Waals surface area contributed by atoms with Gasteiger partial charge in [-0.05, 0) is 34.1 Å². The Bertz CT molecular complexity index is 589. The van der Waals surface area contributed by atoms with Gasteiger partial charge in [0, 0.05) is 11.6 Å². The minimum absolute atomic E-state index is 0.0502. The Kier molecular flexibility index (Phi) is 7.26. The van der Waals surface area contributed by atoms with Gasteiger partial charge in [0.1, 0.15) is 6.61 Å². The zero-order valence-corrected chi connectivity index (χ0v) is 13.8. The lowest BCUT2D eigenvalue weighted by Crippen LogP contribution is -2.15. The van der Waals surface area contributed by atoms with Crippen LogP contribution in [0.4, 0.5) is 0 Å². The van der Waals surface area contributed by atoms with Gasteiger partial charge in [-0.25, -0.2) is 18.4 Å². The minimum Gasteiger partial charge on any atom is -0.460 e. The molecular formula is C12H16BrNO6S. The summed E-state index contributed by atoms with van der Waals surface area (Å²) in [6.07, 6.45) is 0. The number of halogens is 1. The van der Waals surface area contributed by atoms with E-state index in [1.54, 1.807) is 7.11 Å². The molecule has 0 aliphatic carbocycles. The predicted octanol–water partition coefficient (Wildman–Crippen LogP) is 0.916. The third-order valence-corrected chi connectivity index (χ3v) is 3.98. The highest BCUT2D eigenvalue weighted by molar-refractivity contribution is 9.10. The first kappa shape index (κ1) is 18.1. The minimum atomic E-state index is -3.88. The number of carbonyl (C=O) groups excluding carboxylic acids is 1. The SMILES string of the molecule is COCCOCCOC(=O)c1cc(S(N)(=O)=O)ccc1Br. The number of benzene rings is 1. The maximum absolute atomic E-state index is 11.9. The van der Waals surface area contributed by atoms with Crippen LogP contribution in [0.25, 0.3) is 0 Å². The van der Waals surface area contributed by atoms with E-state index in [9.17, 15) is 13.2 Å². The molecule has 0 aromatic heterocycles. The van der Waals surface area contributed by atoms with Gasteiger partial charge >= 0.3 is 5.97 Å². The predicted molar refractivity (Wildman–Crippen MR) is 78.5 cm³/mol. The number of rotatable bonds is 8. The lowest BCUT2D eigenvalue weighted by Gasteiger charge is -2.08. The summed E-state index contributed by atoms with van der Waals surface area (Å²) < 4.78 is 37.9. The maximum atomic E-state index is 11.9. The summed E-state index contributed by atoms with van der Waals surface area (Å²) in [5, 5.41) is 5.02. The zero-order valence-electron chi connectivity index (χ0n) is 11.4. The van der Waals surface area contributed by atoms with Crippen molar-refractivity contribution in [3.05, 3.63) is 28.2 Å². The van der Waals surface area contributed by atoms with E-state index >= 15 is 0 Å². The first-order valence-electron chi connectivity index (χ1n) is 5.92. The largest absolute Gasteiger partial charge is 0.460 e. The molecule has 2 N–H and O–H groups in total. The molecule has 7 nitrogen and oxygen atoms in total.